The van der Waals surface area contributed by atoms with Gasteiger partial charge in [0.1, 0.15) is 11.7 Å². The molecule has 4 heterocycles. The standard InChI is InChI=1S/C19H28N2O4S/c1-3-20-7-5-19(6-8-20)17-13(4-9-25-19)10-16(26-17)18(23)21-11-14(22)15(12-21)24-2/h10,14-15,22H,3-9,11-12H2,1-2H3/t14-,15-/m0/s1. The first-order chi connectivity index (χ1) is 12.6. The van der Waals surface area contributed by atoms with Crippen LogP contribution in [0.25, 0.3) is 0 Å². The minimum Gasteiger partial charge on any atom is -0.388 e. The molecule has 0 unspecified atom stereocenters. The van der Waals surface area contributed by atoms with Gasteiger partial charge in [-0.2, -0.15) is 0 Å². The second-order valence-corrected chi connectivity index (χ2v) is 8.60. The molecular formula is C19H28N2O4S. The van der Waals surface area contributed by atoms with Crippen LogP contribution in [0.4, 0.5) is 0 Å². The van der Waals surface area contributed by atoms with E-state index in [-0.39, 0.29) is 17.6 Å². The minimum absolute atomic E-state index is 0.00384. The van der Waals surface area contributed by atoms with E-state index in [0.717, 1.165) is 50.4 Å². The molecule has 2 saturated heterocycles. The third kappa shape index (κ3) is 3.10. The number of piperidine rings is 1. The lowest BCUT2D eigenvalue weighted by atomic mass is 9.85. The largest absolute Gasteiger partial charge is 0.388 e. The van der Waals surface area contributed by atoms with Gasteiger partial charge in [-0.25, -0.2) is 0 Å². The zero-order valence-corrected chi connectivity index (χ0v) is 16.4. The molecule has 0 saturated carbocycles. The van der Waals surface area contributed by atoms with Crippen molar-refractivity contribution in [2.75, 3.05) is 46.4 Å². The molecule has 2 atom stereocenters. The lowest BCUT2D eigenvalue weighted by Crippen LogP contribution is -2.45. The summed E-state index contributed by atoms with van der Waals surface area (Å²) < 4.78 is 11.6. The number of amides is 1. The average molecular weight is 381 g/mol. The third-order valence-electron chi connectivity index (χ3n) is 6.12. The molecule has 6 nitrogen and oxygen atoms in total. The van der Waals surface area contributed by atoms with Crippen LogP contribution in [0, 0.1) is 0 Å². The van der Waals surface area contributed by atoms with Crippen LogP contribution in [-0.4, -0.2) is 79.5 Å². The summed E-state index contributed by atoms with van der Waals surface area (Å²) in [6, 6.07) is 2.06. The maximum absolute atomic E-state index is 13.0. The molecule has 0 bridgehead atoms. The number of β-amino-alcohol motifs (C(OH)–C–C–N with tert-alkyl or cyclic N) is 1. The van der Waals surface area contributed by atoms with Crippen molar-refractivity contribution in [2.45, 2.75) is 44.0 Å². The van der Waals surface area contributed by atoms with E-state index in [1.54, 1.807) is 23.3 Å². The third-order valence-corrected chi connectivity index (χ3v) is 7.47. The maximum Gasteiger partial charge on any atom is 0.264 e. The summed E-state index contributed by atoms with van der Waals surface area (Å²) in [5.74, 6) is 0.00384. The van der Waals surface area contributed by atoms with Gasteiger partial charge in [-0.3, -0.25) is 4.79 Å². The molecule has 7 heteroatoms. The van der Waals surface area contributed by atoms with Crippen LogP contribution in [-0.2, 0) is 21.5 Å². The van der Waals surface area contributed by atoms with Crippen LogP contribution in [0.1, 0.15) is 39.9 Å². The molecule has 26 heavy (non-hydrogen) atoms. The molecule has 0 aromatic carbocycles. The van der Waals surface area contributed by atoms with Crippen LogP contribution in [0.15, 0.2) is 6.07 Å². The molecule has 0 radical (unpaired) electrons. The van der Waals surface area contributed by atoms with E-state index in [0.29, 0.717) is 13.1 Å². The number of nitrogens with zero attached hydrogens (tertiary/aromatic N) is 2. The van der Waals surface area contributed by atoms with E-state index in [4.69, 9.17) is 9.47 Å². The summed E-state index contributed by atoms with van der Waals surface area (Å²) in [7, 11) is 1.58. The zero-order valence-electron chi connectivity index (χ0n) is 15.6. The second kappa shape index (κ2) is 7.20. The predicted octanol–water partition coefficient (Wildman–Crippen LogP) is 1.46. The number of fused-ring (bicyclic) bond motifs is 2. The van der Waals surface area contributed by atoms with E-state index in [9.17, 15) is 9.90 Å². The summed E-state index contributed by atoms with van der Waals surface area (Å²) in [6.45, 7) is 6.90. The molecule has 1 amide bonds. The van der Waals surface area contributed by atoms with Gasteiger partial charge in [-0.05, 0) is 37.4 Å². The van der Waals surface area contributed by atoms with Crippen LogP contribution in [0.5, 0.6) is 0 Å². The number of likely N-dealkylation sites (tertiary alicyclic amines) is 2. The highest BCUT2D eigenvalue weighted by atomic mass is 32.1. The Bertz CT molecular complexity index is 668. The van der Waals surface area contributed by atoms with Gasteiger partial charge in [0, 0.05) is 38.2 Å². The molecule has 1 N–H and O–H groups in total. The number of aliphatic hydroxyl groups is 1. The first-order valence-electron chi connectivity index (χ1n) is 9.56. The fourth-order valence-corrected chi connectivity index (χ4v) is 5.82. The quantitative estimate of drug-likeness (QED) is 0.860. The Morgan fingerprint density at radius 3 is 2.85 bits per heavy atom. The molecular weight excluding hydrogens is 352 g/mol. The van der Waals surface area contributed by atoms with E-state index >= 15 is 0 Å². The van der Waals surface area contributed by atoms with Gasteiger partial charge < -0.3 is 24.4 Å². The van der Waals surface area contributed by atoms with Gasteiger partial charge in [0.2, 0.25) is 0 Å². The van der Waals surface area contributed by atoms with E-state index in [2.05, 4.69) is 17.9 Å². The second-order valence-electron chi connectivity index (χ2n) is 7.54. The van der Waals surface area contributed by atoms with Crippen LogP contribution in [0.3, 0.4) is 0 Å². The van der Waals surface area contributed by atoms with Crippen molar-refractivity contribution in [3.63, 3.8) is 0 Å². The zero-order chi connectivity index (χ0) is 18.3. The maximum atomic E-state index is 13.0. The van der Waals surface area contributed by atoms with Gasteiger partial charge >= 0.3 is 0 Å². The highest BCUT2D eigenvalue weighted by molar-refractivity contribution is 7.14. The Hall–Kier alpha value is -0.990. The fourth-order valence-electron chi connectivity index (χ4n) is 4.44. The lowest BCUT2D eigenvalue weighted by molar-refractivity contribution is -0.0944. The number of thiophene rings is 1. The van der Waals surface area contributed by atoms with Gasteiger partial charge in [0.05, 0.1) is 17.6 Å². The summed E-state index contributed by atoms with van der Waals surface area (Å²) in [5, 5.41) is 10.0. The Morgan fingerprint density at radius 2 is 2.19 bits per heavy atom. The lowest BCUT2D eigenvalue weighted by Gasteiger charge is -2.43. The number of rotatable bonds is 3. The molecule has 1 spiro atoms. The summed E-state index contributed by atoms with van der Waals surface area (Å²) >= 11 is 1.60. The van der Waals surface area contributed by atoms with Crippen molar-refractivity contribution >= 4 is 17.2 Å². The summed E-state index contributed by atoms with van der Waals surface area (Å²) in [5.41, 5.74) is 1.07. The van der Waals surface area contributed by atoms with E-state index in [1.165, 1.54) is 10.4 Å². The molecule has 0 aliphatic carbocycles. The molecule has 3 aliphatic rings. The van der Waals surface area contributed by atoms with Gasteiger partial charge in [0.15, 0.2) is 0 Å². The van der Waals surface area contributed by atoms with E-state index < -0.39 is 6.10 Å². The Balaban J connectivity index is 1.55. The summed E-state index contributed by atoms with van der Waals surface area (Å²) in [6.07, 6.45) is 1.97. The van der Waals surface area contributed by atoms with Crippen LogP contribution >= 0.6 is 11.3 Å². The van der Waals surface area contributed by atoms with Gasteiger partial charge in [-0.15, -0.1) is 11.3 Å². The van der Waals surface area contributed by atoms with Crippen LogP contribution < -0.4 is 0 Å². The number of aliphatic hydroxyl groups excluding tert-OH is 1. The van der Waals surface area contributed by atoms with Crippen LogP contribution in [0.2, 0.25) is 0 Å². The molecule has 3 aliphatic heterocycles. The van der Waals surface area contributed by atoms with Crippen molar-refractivity contribution in [2.24, 2.45) is 0 Å². The highest BCUT2D eigenvalue weighted by Gasteiger charge is 2.43. The minimum atomic E-state index is -0.605. The monoisotopic (exact) mass is 380 g/mol. The topological polar surface area (TPSA) is 62.2 Å². The molecule has 4 rings (SSSR count). The molecule has 144 valence electrons. The Morgan fingerprint density at radius 1 is 1.42 bits per heavy atom. The average Bonchev–Trinajstić information content (AvgIpc) is 3.26. The number of hydrogen-bond acceptors (Lipinski definition) is 6. The Kier molecular flexibility index (Phi) is 5.09. The highest BCUT2D eigenvalue weighted by Crippen LogP contribution is 2.45. The number of hydrogen-bond donors (Lipinski definition) is 1. The first-order valence-corrected chi connectivity index (χ1v) is 10.4. The smallest absolute Gasteiger partial charge is 0.264 e. The molecule has 2 fully saturated rings. The molecule has 1 aromatic heterocycles. The van der Waals surface area contributed by atoms with Crippen molar-refractivity contribution in [3.05, 3.63) is 21.4 Å². The first kappa shape index (κ1) is 18.4. The normalized spacial score (nSPS) is 28.5. The molecule has 1 aromatic rings. The number of carbonyl (C=O) groups is 1. The fraction of sp³-hybridized carbons (Fsp3) is 0.737. The van der Waals surface area contributed by atoms with Crippen molar-refractivity contribution in [3.8, 4) is 0 Å². The van der Waals surface area contributed by atoms with E-state index in [1.807, 2.05) is 0 Å². The number of methoxy groups -OCH3 is 1. The Labute approximate surface area is 158 Å². The summed E-state index contributed by atoms with van der Waals surface area (Å²) in [4.78, 5) is 19.2. The number of carbonyl (C=O) groups excluding carboxylic acids is 1. The van der Waals surface area contributed by atoms with Gasteiger partial charge in [0.25, 0.3) is 5.91 Å². The number of ether oxygens (including phenoxy) is 2. The van der Waals surface area contributed by atoms with Crippen molar-refractivity contribution in [1.29, 1.82) is 0 Å². The van der Waals surface area contributed by atoms with Crippen molar-refractivity contribution < 1.29 is 19.4 Å². The van der Waals surface area contributed by atoms with Crippen molar-refractivity contribution in [1.82, 2.24) is 9.80 Å². The van der Waals surface area contributed by atoms with Gasteiger partial charge in [-0.1, -0.05) is 6.92 Å². The predicted molar refractivity (Wildman–Crippen MR) is 99.7 cm³/mol. The SMILES string of the molecule is CCN1CCC2(CC1)OCCc1cc(C(=O)N3C[C@H](OC)[C@@H](O)C3)sc12.